The van der Waals surface area contributed by atoms with Gasteiger partial charge in [-0.1, -0.05) is 11.6 Å². The Bertz CT molecular complexity index is 909. The van der Waals surface area contributed by atoms with Crippen LogP contribution in [0.1, 0.15) is 48.5 Å². The number of nitrogens with zero attached hydrogens (tertiary/aromatic N) is 1. The molecule has 1 fully saturated rings. The Morgan fingerprint density at radius 3 is 2.41 bits per heavy atom. The fourth-order valence-corrected chi connectivity index (χ4v) is 3.82. The quantitative estimate of drug-likeness (QED) is 0.556. The van der Waals surface area contributed by atoms with Crippen LogP contribution in [0.2, 0.25) is 5.02 Å². The molecule has 1 N–H and O–H groups in total. The van der Waals surface area contributed by atoms with Gasteiger partial charge in [-0.15, -0.1) is 0 Å². The first kappa shape index (κ1) is 23.9. The summed E-state index contributed by atoms with van der Waals surface area (Å²) in [4.78, 5) is 26.8. The normalized spacial score (nSPS) is 14.2. The molecule has 0 bridgehead atoms. The van der Waals surface area contributed by atoms with Gasteiger partial charge in [0.2, 0.25) is 5.91 Å². The smallest absolute Gasteiger partial charge is 0.253 e. The van der Waals surface area contributed by atoms with Crippen molar-refractivity contribution in [3.63, 3.8) is 0 Å². The number of hydrogen-bond acceptors (Lipinski definition) is 4. The van der Waals surface area contributed by atoms with Crippen molar-refractivity contribution in [3.8, 4) is 11.5 Å². The zero-order chi connectivity index (χ0) is 22.9. The van der Waals surface area contributed by atoms with Crippen LogP contribution >= 0.6 is 11.6 Å². The lowest BCUT2D eigenvalue weighted by Gasteiger charge is -2.32. The Morgan fingerprint density at radius 2 is 1.75 bits per heavy atom. The van der Waals surface area contributed by atoms with Crippen molar-refractivity contribution >= 4 is 23.4 Å². The summed E-state index contributed by atoms with van der Waals surface area (Å²) < 4.78 is 11.1. The van der Waals surface area contributed by atoms with Gasteiger partial charge in [-0.05, 0) is 81.1 Å². The van der Waals surface area contributed by atoms with Gasteiger partial charge in [0, 0.05) is 36.1 Å². The molecule has 172 valence electrons. The van der Waals surface area contributed by atoms with Crippen molar-refractivity contribution in [1.29, 1.82) is 0 Å². The second-order valence-electron chi connectivity index (χ2n) is 7.95. The van der Waals surface area contributed by atoms with Crippen molar-refractivity contribution in [3.05, 3.63) is 58.6 Å². The number of benzene rings is 2. The van der Waals surface area contributed by atoms with Crippen LogP contribution in [0, 0.1) is 6.92 Å². The summed E-state index contributed by atoms with van der Waals surface area (Å²) in [5, 5.41) is 3.80. The molecule has 32 heavy (non-hydrogen) atoms. The van der Waals surface area contributed by atoms with E-state index in [0.29, 0.717) is 49.7 Å². The molecule has 0 spiro atoms. The molecule has 7 heteroatoms. The third-order valence-electron chi connectivity index (χ3n) is 5.51. The molecule has 6 nitrogen and oxygen atoms in total. The lowest BCUT2D eigenvalue weighted by atomic mass is 10.0. The van der Waals surface area contributed by atoms with Gasteiger partial charge in [-0.25, -0.2) is 0 Å². The van der Waals surface area contributed by atoms with Gasteiger partial charge in [-0.2, -0.15) is 0 Å². The summed E-state index contributed by atoms with van der Waals surface area (Å²) in [6.07, 6.45) is 2.57. The van der Waals surface area contributed by atoms with Gasteiger partial charge >= 0.3 is 0 Å². The summed E-state index contributed by atoms with van der Waals surface area (Å²) in [6, 6.07) is 12.9. The number of aryl methyl sites for hydroxylation is 1. The summed E-state index contributed by atoms with van der Waals surface area (Å²) in [5.41, 5.74) is 1.63. The van der Waals surface area contributed by atoms with E-state index in [1.807, 2.05) is 49.1 Å². The number of hydrogen-bond donors (Lipinski definition) is 1. The molecular formula is C25H31ClN2O4. The Morgan fingerprint density at radius 1 is 1.06 bits per heavy atom. The van der Waals surface area contributed by atoms with Crippen LogP contribution in [-0.4, -0.2) is 49.1 Å². The number of amides is 2. The van der Waals surface area contributed by atoms with E-state index in [4.69, 9.17) is 21.1 Å². The highest BCUT2D eigenvalue weighted by Gasteiger charge is 2.24. The minimum Gasteiger partial charge on any atom is -0.494 e. The second kappa shape index (κ2) is 11.8. The SMILES string of the molecule is CCOc1ccc(C(=O)N2CCC(NC(=O)CCCOc3ccc(Cl)c(C)c3)CC2)cc1. The molecule has 2 aromatic carbocycles. The van der Waals surface area contributed by atoms with Crippen molar-refractivity contribution in [2.75, 3.05) is 26.3 Å². The number of halogens is 1. The topological polar surface area (TPSA) is 67.9 Å². The maximum atomic E-state index is 12.7. The zero-order valence-corrected chi connectivity index (χ0v) is 19.5. The number of piperidine rings is 1. The van der Waals surface area contributed by atoms with Gasteiger partial charge in [-0.3, -0.25) is 9.59 Å². The molecule has 1 heterocycles. The van der Waals surface area contributed by atoms with E-state index in [1.54, 1.807) is 12.1 Å². The van der Waals surface area contributed by atoms with Crippen LogP contribution in [-0.2, 0) is 4.79 Å². The Labute approximate surface area is 194 Å². The standard InChI is InChI=1S/C25H31ClN2O4/c1-3-31-21-8-6-19(7-9-21)25(30)28-14-12-20(13-15-28)27-24(29)5-4-16-32-22-10-11-23(26)18(2)17-22/h6-11,17,20H,3-5,12-16H2,1-2H3,(H,27,29). The molecule has 2 amide bonds. The first-order valence-electron chi connectivity index (χ1n) is 11.2. The number of ether oxygens (including phenoxy) is 2. The Hall–Kier alpha value is -2.73. The molecule has 0 unspecified atom stereocenters. The van der Waals surface area contributed by atoms with Gasteiger partial charge < -0.3 is 19.7 Å². The molecule has 0 aromatic heterocycles. The molecule has 3 rings (SSSR count). The third-order valence-corrected chi connectivity index (χ3v) is 5.93. The van der Waals surface area contributed by atoms with Gasteiger partial charge in [0.25, 0.3) is 5.91 Å². The van der Waals surface area contributed by atoms with E-state index in [-0.39, 0.29) is 17.9 Å². The molecule has 0 aliphatic carbocycles. The van der Waals surface area contributed by atoms with Crippen LogP contribution in [0.5, 0.6) is 11.5 Å². The second-order valence-corrected chi connectivity index (χ2v) is 8.36. The predicted molar refractivity (Wildman–Crippen MR) is 126 cm³/mol. The fraction of sp³-hybridized carbons (Fsp3) is 0.440. The minimum absolute atomic E-state index is 0.0207. The number of carbonyl (C=O) groups is 2. The molecule has 0 radical (unpaired) electrons. The van der Waals surface area contributed by atoms with E-state index in [1.165, 1.54) is 0 Å². The van der Waals surface area contributed by atoms with E-state index >= 15 is 0 Å². The predicted octanol–water partition coefficient (Wildman–Crippen LogP) is 4.63. The number of nitrogens with one attached hydrogen (secondary N) is 1. The maximum Gasteiger partial charge on any atom is 0.253 e. The summed E-state index contributed by atoms with van der Waals surface area (Å²) in [6.45, 7) is 6.20. The lowest BCUT2D eigenvalue weighted by molar-refractivity contribution is -0.122. The average Bonchev–Trinajstić information content (AvgIpc) is 2.80. The minimum atomic E-state index is 0.0207. The van der Waals surface area contributed by atoms with Crippen molar-refractivity contribution in [1.82, 2.24) is 10.2 Å². The molecule has 1 aliphatic rings. The Balaban J connectivity index is 1.34. The van der Waals surface area contributed by atoms with E-state index in [0.717, 1.165) is 29.9 Å². The highest BCUT2D eigenvalue weighted by molar-refractivity contribution is 6.31. The van der Waals surface area contributed by atoms with Gasteiger partial charge in [0.15, 0.2) is 0 Å². The van der Waals surface area contributed by atoms with E-state index in [9.17, 15) is 9.59 Å². The first-order valence-corrected chi connectivity index (χ1v) is 11.5. The largest absolute Gasteiger partial charge is 0.494 e. The molecular weight excluding hydrogens is 428 g/mol. The van der Waals surface area contributed by atoms with E-state index in [2.05, 4.69) is 5.32 Å². The zero-order valence-electron chi connectivity index (χ0n) is 18.7. The fourth-order valence-electron chi connectivity index (χ4n) is 3.70. The van der Waals surface area contributed by atoms with Crippen molar-refractivity contribution in [2.45, 2.75) is 45.6 Å². The van der Waals surface area contributed by atoms with Crippen LogP contribution in [0.15, 0.2) is 42.5 Å². The number of carbonyl (C=O) groups excluding carboxylic acids is 2. The Kier molecular flexibility index (Phi) is 8.80. The van der Waals surface area contributed by atoms with Crippen LogP contribution in [0.4, 0.5) is 0 Å². The van der Waals surface area contributed by atoms with Crippen LogP contribution < -0.4 is 14.8 Å². The summed E-state index contributed by atoms with van der Waals surface area (Å²) in [7, 11) is 0. The summed E-state index contributed by atoms with van der Waals surface area (Å²) >= 11 is 6.02. The molecule has 0 saturated carbocycles. The highest BCUT2D eigenvalue weighted by Crippen LogP contribution is 2.21. The molecule has 2 aromatic rings. The number of likely N-dealkylation sites (tertiary alicyclic amines) is 1. The lowest BCUT2D eigenvalue weighted by Crippen LogP contribution is -2.46. The molecule has 0 atom stereocenters. The summed E-state index contributed by atoms with van der Waals surface area (Å²) in [5.74, 6) is 1.57. The first-order chi connectivity index (χ1) is 15.5. The maximum absolute atomic E-state index is 12.7. The van der Waals surface area contributed by atoms with Crippen LogP contribution in [0.3, 0.4) is 0 Å². The monoisotopic (exact) mass is 458 g/mol. The van der Waals surface area contributed by atoms with Gasteiger partial charge in [0.05, 0.1) is 13.2 Å². The molecule has 1 saturated heterocycles. The average molecular weight is 459 g/mol. The van der Waals surface area contributed by atoms with Crippen molar-refractivity contribution < 1.29 is 19.1 Å². The van der Waals surface area contributed by atoms with Gasteiger partial charge in [0.1, 0.15) is 11.5 Å². The number of rotatable bonds is 9. The van der Waals surface area contributed by atoms with E-state index < -0.39 is 0 Å². The molecule has 1 aliphatic heterocycles. The van der Waals surface area contributed by atoms with Crippen LogP contribution in [0.25, 0.3) is 0 Å². The third kappa shape index (κ3) is 6.89. The van der Waals surface area contributed by atoms with Crippen molar-refractivity contribution in [2.24, 2.45) is 0 Å². The highest BCUT2D eigenvalue weighted by atomic mass is 35.5.